The van der Waals surface area contributed by atoms with Crippen molar-refractivity contribution in [2.45, 2.75) is 33.2 Å². The quantitative estimate of drug-likeness (QED) is 0.385. The number of nitrogens with zero attached hydrogens (tertiary/aromatic N) is 8. The monoisotopic (exact) mass is 670 g/mol. The summed E-state index contributed by atoms with van der Waals surface area (Å²) in [5.41, 5.74) is 2.58. The lowest BCUT2D eigenvalue weighted by atomic mass is 10.1. The van der Waals surface area contributed by atoms with E-state index in [0.717, 1.165) is 31.6 Å². The Bertz CT molecular complexity index is 1600. The van der Waals surface area contributed by atoms with Gasteiger partial charge in [-0.15, -0.1) is 0 Å². The number of nitrogens with one attached hydrogen (secondary N) is 2. The number of carbonyl (C=O) groups excluding carboxylic acids is 3. The minimum Gasteiger partial charge on any atom is -0.378 e. The topological polar surface area (TPSA) is 139 Å². The highest BCUT2D eigenvalue weighted by molar-refractivity contribution is 6.00. The zero-order chi connectivity index (χ0) is 34.3. The molecule has 4 amide bonds. The molecule has 0 unspecified atom stereocenters. The molecule has 1 aromatic heterocycles. The van der Waals surface area contributed by atoms with Crippen molar-refractivity contribution in [3.8, 4) is 11.4 Å². The van der Waals surface area contributed by atoms with Gasteiger partial charge in [0.1, 0.15) is 0 Å². The summed E-state index contributed by atoms with van der Waals surface area (Å²) in [6.45, 7) is 14.4. The number of aromatic nitrogens is 3. The van der Waals surface area contributed by atoms with Gasteiger partial charge >= 0.3 is 6.03 Å². The van der Waals surface area contributed by atoms with E-state index in [1.807, 2.05) is 34.1 Å². The van der Waals surface area contributed by atoms with Crippen LogP contribution in [0.5, 0.6) is 0 Å². The van der Waals surface area contributed by atoms with Gasteiger partial charge in [0.05, 0.1) is 13.2 Å². The molecule has 2 aromatic carbocycles. The van der Waals surface area contributed by atoms with Crippen LogP contribution in [0.15, 0.2) is 48.5 Å². The highest BCUT2D eigenvalue weighted by Crippen LogP contribution is 2.25. The van der Waals surface area contributed by atoms with Crippen LogP contribution in [0.4, 0.5) is 28.1 Å². The standard InChI is InChI=1S/C35H46N10O4/c1-25(2)41-15-18-43(19-16-41)32(47)28-7-11-30(12-8-28)37-35(48)36-29-9-5-27(6-10-29)31-38-33(40-34(39-31)45-21-23-49-24-22-45)44-14-4-13-42(17-20-44)26(3)46/h5-12,25H,4,13-24H2,1-3H3,(H2,36,37,48). The number of piperazine rings is 1. The largest absolute Gasteiger partial charge is 0.378 e. The summed E-state index contributed by atoms with van der Waals surface area (Å²) in [7, 11) is 0. The van der Waals surface area contributed by atoms with E-state index >= 15 is 0 Å². The first kappa shape index (κ1) is 34.1. The fraction of sp³-hybridized carbons (Fsp3) is 0.486. The predicted molar refractivity (Wildman–Crippen MR) is 189 cm³/mol. The van der Waals surface area contributed by atoms with E-state index in [-0.39, 0.29) is 11.8 Å². The van der Waals surface area contributed by atoms with Crippen LogP contribution in [0.3, 0.4) is 0 Å². The summed E-state index contributed by atoms with van der Waals surface area (Å²) in [5.74, 6) is 1.80. The Balaban J connectivity index is 1.09. The van der Waals surface area contributed by atoms with Crippen LogP contribution in [-0.2, 0) is 9.53 Å². The average molecular weight is 671 g/mol. The Labute approximate surface area is 287 Å². The number of rotatable bonds is 7. The zero-order valence-corrected chi connectivity index (χ0v) is 28.6. The molecule has 49 heavy (non-hydrogen) atoms. The van der Waals surface area contributed by atoms with Gasteiger partial charge in [-0.3, -0.25) is 14.5 Å². The highest BCUT2D eigenvalue weighted by Gasteiger charge is 2.24. The molecule has 3 aliphatic rings. The molecule has 14 nitrogen and oxygen atoms in total. The van der Waals surface area contributed by atoms with Gasteiger partial charge in [-0.1, -0.05) is 0 Å². The molecule has 6 rings (SSSR count). The Kier molecular flexibility index (Phi) is 10.8. The van der Waals surface area contributed by atoms with Crippen molar-refractivity contribution in [2.75, 3.05) is 99.1 Å². The number of benzene rings is 2. The number of hydrogen-bond donors (Lipinski definition) is 2. The van der Waals surface area contributed by atoms with Gasteiger partial charge in [-0.25, -0.2) is 4.79 Å². The number of morpholine rings is 1. The molecule has 0 radical (unpaired) electrons. The summed E-state index contributed by atoms with van der Waals surface area (Å²) >= 11 is 0. The molecular formula is C35H46N10O4. The van der Waals surface area contributed by atoms with E-state index < -0.39 is 6.03 Å². The lowest BCUT2D eigenvalue weighted by Gasteiger charge is -2.37. The Morgan fingerprint density at radius 2 is 1.24 bits per heavy atom. The van der Waals surface area contributed by atoms with E-state index in [1.165, 1.54) is 0 Å². The molecule has 3 fully saturated rings. The van der Waals surface area contributed by atoms with Gasteiger partial charge < -0.3 is 35.0 Å². The fourth-order valence-electron chi connectivity index (χ4n) is 6.28. The molecule has 4 heterocycles. The molecule has 0 bridgehead atoms. The van der Waals surface area contributed by atoms with Gasteiger partial charge in [-0.05, 0) is 68.8 Å². The van der Waals surface area contributed by atoms with Gasteiger partial charge in [0.2, 0.25) is 17.8 Å². The lowest BCUT2D eigenvalue weighted by molar-refractivity contribution is -0.128. The number of ether oxygens (including phenoxy) is 1. The maximum Gasteiger partial charge on any atom is 0.323 e. The predicted octanol–water partition coefficient (Wildman–Crippen LogP) is 3.24. The minimum atomic E-state index is -0.394. The lowest BCUT2D eigenvalue weighted by Crippen LogP contribution is -2.50. The van der Waals surface area contributed by atoms with E-state index in [1.54, 1.807) is 31.2 Å². The minimum absolute atomic E-state index is 0.00733. The Hall–Kier alpha value is -4.82. The molecule has 3 saturated heterocycles. The van der Waals surface area contributed by atoms with Crippen LogP contribution in [0.25, 0.3) is 11.4 Å². The fourth-order valence-corrected chi connectivity index (χ4v) is 6.28. The summed E-state index contributed by atoms with van der Waals surface area (Å²) in [6, 6.07) is 14.4. The molecule has 0 aliphatic carbocycles. The number of anilines is 4. The first-order chi connectivity index (χ1) is 23.7. The number of carbonyl (C=O) groups is 3. The molecule has 14 heteroatoms. The first-order valence-corrected chi connectivity index (χ1v) is 17.1. The van der Waals surface area contributed by atoms with Gasteiger partial charge in [0.15, 0.2) is 5.82 Å². The van der Waals surface area contributed by atoms with Crippen LogP contribution in [0, 0.1) is 0 Å². The van der Waals surface area contributed by atoms with Crippen LogP contribution in [0.1, 0.15) is 37.6 Å². The van der Waals surface area contributed by atoms with Crippen molar-refractivity contribution in [1.29, 1.82) is 0 Å². The van der Waals surface area contributed by atoms with Crippen molar-refractivity contribution in [3.05, 3.63) is 54.1 Å². The van der Waals surface area contributed by atoms with Gasteiger partial charge in [0.25, 0.3) is 5.91 Å². The SMILES string of the molecule is CC(=O)N1CCCN(c2nc(-c3ccc(NC(=O)Nc4ccc(C(=O)N5CCN(C(C)C)CC5)cc4)cc3)nc(N3CCOCC3)n2)CC1. The summed E-state index contributed by atoms with van der Waals surface area (Å²) < 4.78 is 5.55. The third kappa shape index (κ3) is 8.62. The molecule has 0 spiro atoms. The van der Waals surface area contributed by atoms with Crippen LogP contribution >= 0.6 is 0 Å². The van der Waals surface area contributed by atoms with Gasteiger partial charge in [0, 0.05) is 101 Å². The maximum atomic E-state index is 13.0. The molecule has 3 aliphatic heterocycles. The highest BCUT2D eigenvalue weighted by atomic mass is 16.5. The van der Waals surface area contributed by atoms with Crippen molar-refractivity contribution in [2.24, 2.45) is 0 Å². The smallest absolute Gasteiger partial charge is 0.323 e. The summed E-state index contributed by atoms with van der Waals surface area (Å²) in [4.78, 5) is 62.7. The molecule has 0 atom stereocenters. The number of hydrogen-bond acceptors (Lipinski definition) is 10. The molecule has 260 valence electrons. The van der Waals surface area contributed by atoms with E-state index in [9.17, 15) is 14.4 Å². The average Bonchev–Trinajstić information content (AvgIpc) is 3.39. The second-order valence-corrected chi connectivity index (χ2v) is 12.9. The molecule has 2 N–H and O–H groups in total. The normalized spacial score (nSPS) is 17.6. The van der Waals surface area contributed by atoms with Crippen molar-refractivity contribution in [1.82, 2.24) is 29.7 Å². The molecule has 3 aromatic rings. The first-order valence-electron chi connectivity index (χ1n) is 17.1. The van der Waals surface area contributed by atoms with E-state index in [0.29, 0.717) is 99.7 Å². The van der Waals surface area contributed by atoms with Crippen molar-refractivity contribution in [3.63, 3.8) is 0 Å². The second kappa shape index (κ2) is 15.6. The van der Waals surface area contributed by atoms with Crippen LogP contribution in [-0.4, -0.2) is 132 Å². The Morgan fingerprint density at radius 3 is 1.84 bits per heavy atom. The van der Waals surface area contributed by atoms with E-state index in [4.69, 9.17) is 19.7 Å². The number of urea groups is 1. The zero-order valence-electron chi connectivity index (χ0n) is 28.6. The molecular weight excluding hydrogens is 624 g/mol. The number of amides is 4. The van der Waals surface area contributed by atoms with Crippen molar-refractivity contribution >= 4 is 41.1 Å². The third-order valence-electron chi connectivity index (χ3n) is 9.25. The van der Waals surface area contributed by atoms with Crippen molar-refractivity contribution < 1.29 is 19.1 Å². The Morgan fingerprint density at radius 1 is 0.673 bits per heavy atom. The summed E-state index contributed by atoms with van der Waals surface area (Å²) in [6.07, 6.45) is 0.828. The molecule has 0 saturated carbocycles. The second-order valence-electron chi connectivity index (χ2n) is 12.9. The maximum absolute atomic E-state index is 13.0. The van der Waals surface area contributed by atoms with Gasteiger partial charge in [-0.2, -0.15) is 15.0 Å². The van der Waals surface area contributed by atoms with Crippen LogP contribution in [0.2, 0.25) is 0 Å². The summed E-state index contributed by atoms with van der Waals surface area (Å²) in [5, 5.41) is 5.72. The van der Waals surface area contributed by atoms with E-state index in [2.05, 4.69) is 39.2 Å². The van der Waals surface area contributed by atoms with Crippen LogP contribution < -0.4 is 20.4 Å². The third-order valence-corrected chi connectivity index (χ3v) is 9.25.